The molecule has 2 heterocycles. The fourth-order valence-electron chi connectivity index (χ4n) is 3.57. The van der Waals surface area contributed by atoms with E-state index in [2.05, 4.69) is 17.4 Å². The number of methoxy groups -OCH3 is 1. The number of carbonyl (C=O) groups excluding carboxylic acids is 1. The minimum Gasteiger partial charge on any atom is -0.384 e. The molecule has 0 spiro atoms. The normalized spacial score (nSPS) is 25.5. The second kappa shape index (κ2) is 6.58. The summed E-state index contributed by atoms with van der Waals surface area (Å²) in [5, 5.41) is 3.38. The average Bonchev–Trinajstić information content (AvgIpc) is 2.54. The van der Waals surface area contributed by atoms with Gasteiger partial charge in [0.15, 0.2) is 0 Å². The van der Waals surface area contributed by atoms with Gasteiger partial charge in [0.25, 0.3) is 0 Å². The van der Waals surface area contributed by atoms with E-state index in [9.17, 15) is 4.79 Å². The van der Waals surface area contributed by atoms with Crippen molar-refractivity contribution in [2.24, 2.45) is 5.92 Å². The van der Waals surface area contributed by atoms with Crippen LogP contribution in [0.3, 0.4) is 0 Å². The molecule has 21 heavy (non-hydrogen) atoms. The van der Waals surface area contributed by atoms with Crippen LogP contribution in [0.2, 0.25) is 0 Å². The minimum absolute atomic E-state index is 0.0313. The van der Waals surface area contributed by atoms with Crippen LogP contribution in [0, 0.1) is 5.92 Å². The van der Waals surface area contributed by atoms with Gasteiger partial charge in [-0.2, -0.15) is 0 Å². The van der Waals surface area contributed by atoms with E-state index in [4.69, 9.17) is 4.74 Å². The molecule has 1 saturated heterocycles. The lowest BCUT2D eigenvalue weighted by Gasteiger charge is -2.36. The third-order valence-electron chi connectivity index (χ3n) is 4.63. The van der Waals surface area contributed by atoms with Crippen LogP contribution in [0.1, 0.15) is 29.9 Å². The quantitative estimate of drug-likeness (QED) is 0.921. The molecular formula is C17H24N2O2. The van der Waals surface area contributed by atoms with E-state index in [0.29, 0.717) is 5.92 Å². The first-order chi connectivity index (χ1) is 10.3. The van der Waals surface area contributed by atoms with Crippen LogP contribution in [0.4, 0.5) is 0 Å². The zero-order valence-electron chi connectivity index (χ0n) is 12.7. The first-order valence-corrected chi connectivity index (χ1v) is 7.86. The number of rotatable bonds is 3. The third-order valence-corrected chi connectivity index (χ3v) is 4.63. The van der Waals surface area contributed by atoms with Crippen molar-refractivity contribution in [3.8, 4) is 0 Å². The molecule has 1 aromatic carbocycles. The van der Waals surface area contributed by atoms with Crippen molar-refractivity contribution in [1.82, 2.24) is 10.2 Å². The van der Waals surface area contributed by atoms with Crippen molar-refractivity contribution >= 4 is 5.91 Å². The largest absolute Gasteiger partial charge is 0.384 e. The molecule has 3 rings (SSSR count). The van der Waals surface area contributed by atoms with Gasteiger partial charge in [-0.15, -0.1) is 0 Å². The summed E-state index contributed by atoms with van der Waals surface area (Å²) >= 11 is 0. The summed E-state index contributed by atoms with van der Waals surface area (Å²) in [6.07, 6.45) is 2.25. The van der Waals surface area contributed by atoms with Crippen LogP contribution in [-0.2, 0) is 16.1 Å². The highest BCUT2D eigenvalue weighted by Crippen LogP contribution is 2.27. The molecule has 2 atom stereocenters. The van der Waals surface area contributed by atoms with E-state index < -0.39 is 0 Å². The Morgan fingerprint density at radius 2 is 2.29 bits per heavy atom. The Morgan fingerprint density at radius 1 is 1.43 bits per heavy atom. The van der Waals surface area contributed by atoms with Gasteiger partial charge in [0, 0.05) is 33.3 Å². The highest BCUT2D eigenvalue weighted by molar-refractivity contribution is 5.85. The number of hydrogen-bond donors (Lipinski definition) is 1. The number of ether oxygens (including phenoxy) is 1. The maximum atomic E-state index is 12.9. The van der Waals surface area contributed by atoms with Crippen molar-refractivity contribution in [3.63, 3.8) is 0 Å². The molecule has 114 valence electrons. The second-order valence-electron chi connectivity index (χ2n) is 6.13. The summed E-state index contributed by atoms with van der Waals surface area (Å²) in [7, 11) is 1.74. The third kappa shape index (κ3) is 3.11. The highest BCUT2D eigenvalue weighted by atomic mass is 16.5. The molecule has 1 fully saturated rings. The molecule has 1 aromatic rings. The van der Waals surface area contributed by atoms with Crippen LogP contribution < -0.4 is 5.32 Å². The van der Waals surface area contributed by atoms with Crippen LogP contribution in [0.25, 0.3) is 0 Å². The van der Waals surface area contributed by atoms with Crippen molar-refractivity contribution in [1.29, 1.82) is 0 Å². The van der Waals surface area contributed by atoms with Gasteiger partial charge in [0.05, 0.1) is 12.5 Å². The van der Waals surface area contributed by atoms with Gasteiger partial charge in [-0.05, 0) is 29.9 Å². The Labute approximate surface area is 126 Å². The Kier molecular flexibility index (Phi) is 4.56. The summed E-state index contributed by atoms with van der Waals surface area (Å²) in [6.45, 7) is 4.10. The maximum Gasteiger partial charge on any atom is 0.231 e. The standard InChI is InChI=1S/C17H24N2O2/c1-21-12-13-5-4-8-19(11-13)17(20)16-10-18-9-14-6-2-3-7-15(14)16/h2-3,6-7,13,16,18H,4-5,8-12H2,1H3. The predicted octanol–water partition coefficient (Wildman–Crippen LogP) is 1.76. The van der Waals surface area contributed by atoms with E-state index >= 15 is 0 Å². The Hall–Kier alpha value is -1.39. The molecule has 2 aliphatic rings. The molecule has 0 bridgehead atoms. The number of nitrogens with one attached hydrogen (secondary N) is 1. The Bertz CT molecular complexity index is 501. The predicted molar refractivity (Wildman–Crippen MR) is 82.1 cm³/mol. The summed E-state index contributed by atoms with van der Waals surface area (Å²) in [5.74, 6) is 0.728. The fourth-order valence-corrected chi connectivity index (χ4v) is 3.57. The monoisotopic (exact) mass is 288 g/mol. The molecular weight excluding hydrogens is 264 g/mol. The smallest absolute Gasteiger partial charge is 0.231 e. The SMILES string of the molecule is COCC1CCCN(C(=O)C2CNCc3ccccc32)C1. The number of amides is 1. The molecule has 0 aromatic heterocycles. The van der Waals surface area contributed by atoms with Crippen LogP contribution in [0.5, 0.6) is 0 Å². The second-order valence-corrected chi connectivity index (χ2v) is 6.13. The van der Waals surface area contributed by atoms with Gasteiger partial charge in [0.2, 0.25) is 5.91 Å². The molecule has 2 unspecified atom stereocenters. The van der Waals surface area contributed by atoms with Gasteiger partial charge in [0.1, 0.15) is 0 Å². The highest BCUT2D eigenvalue weighted by Gasteiger charge is 2.32. The Balaban J connectivity index is 1.74. The maximum absolute atomic E-state index is 12.9. The first-order valence-electron chi connectivity index (χ1n) is 7.86. The number of nitrogens with zero attached hydrogens (tertiary/aromatic N) is 1. The number of carbonyl (C=O) groups is 1. The van der Waals surface area contributed by atoms with E-state index in [-0.39, 0.29) is 11.8 Å². The average molecular weight is 288 g/mol. The molecule has 0 radical (unpaired) electrons. The lowest BCUT2D eigenvalue weighted by Crippen LogP contribution is -2.46. The van der Waals surface area contributed by atoms with E-state index in [1.807, 2.05) is 17.0 Å². The zero-order valence-corrected chi connectivity index (χ0v) is 12.7. The van der Waals surface area contributed by atoms with Gasteiger partial charge >= 0.3 is 0 Å². The van der Waals surface area contributed by atoms with Crippen LogP contribution in [0.15, 0.2) is 24.3 Å². The Morgan fingerprint density at radius 3 is 3.14 bits per heavy atom. The lowest BCUT2D eigenvalue weighted by molar-refractivity contribution is -0.135. The molecule has 2 aliphatic heterocycles. The number of benzene rings is 1. The first kappa shape index (κ1) is 14.5. The summed E-state index contributed by atoms with van der Waals surface area (Å²) in [6, 6.07) is 8.30. The molecule has 4 heteroatoms. The van der Waals surface area contributed by atoms with Gasteiger partial charge in [-0.1, -0.05) is 24.3 Å². The van der Waals surface area contributed by atoms with Gasteiger partial charge in [-0.3, -0.25) is 4.79 Å². The van der Waals surface area contributed by atoms with Crippen molar-refractivity contribution < 1.29 is 9.53 Å². The van der Waals surface area contributed by atoms with Crippen molar-refractivity contribution in [2.75, 3.05) is 33.4 Å². The van der Waals surface area contributed by atoms with Gasteiger partial charge < -0.3 is 15.0 Å². The fraction of sp³-hybridized carbons (Fsp3) is 0.588. The molecule has 0 aliphatic carbocycles. The number of fused-ring (bicyclic) bond motifs is 1. The zero-order chi connectivity index (χ0) is 14.7. The van der Waals surface area contributed by atoms with Crippen LogP contribution >= 0.6 is 0 Å². The topological polar surface area (TPSA) is 41.6 Å². The van der Waals surface area contributed by atoms with E-state index in [1.54, 1.807) is 7.11 Å². The van der Waals surface area contributed by atoms with Crippen LogP contribution in [-0.4, -0.2) is 44.2 Å². The van der Waals surface area contributed by atoms with Crippen molar-refractivity contribution in [2.45, 2.75) is 25.3 Å². The van der Waals surface area contributed by atoms with Crippen molar-refractivity contribution in [3.05, 3.63) is 35.4 Å². The van der Waals surface area contributed by atoms with E-state index in [1.165, 1.54) is 11.1 Å². The summed E-state index contributed by atoms with van der Waals surface area (Å²) in [5.41, 5.74) is 2.46. The lowest BCUT2D eigenvalue weighted by atomic mass is 9.88. The number of likely N-dealkylation sites (tertiary alicyclic amines) is 1. The molecule has 4 nitrogen and oxygen atoms in total. The summed E-state index contributed by atoms with van der Waals surface area (Å²) < 4.78 is 5.26. The number of piperidine rings is 1. The van der Waals surface area contributed by atoms with E-state index in [0.717, 1.165) is 45.6 Å². The molecule has 1 amide bonds. The number of hydrogen-bond acceptors (Lipinski definition) is 3. The summed E-state index contributed by atoms with van der Waals surface area (Å²) in [4.78, 5) is 15.0. The molecule has 1 N–H and O–H groups in total. The molecule has 0 saturated carbocycles. The minimum atomic E-state index is -0.0313. The van der Waals surface area contributed by atoms with Gasteiger partial charge in [-0.25, -0.2) is 0 Å².